The van der Waals surface area contributed by atoms with Crippen molar-refractivity contribution in [3.05, 3.63) is 0 Å². The molecule has 6 heteroatoms. The van der Waals surface area contributed by atoms with Gasteiger partial charge in [0.25, 0.3) is 0 Å². The quantitative estimate of drug-likeness (QED) is 0.316. The zero-order valence-electron chi connectivity index (χ0n) is 16.2. The maximum atomic E-state index is 9.56. The number of likely N-dealkylation sites (tertiary alicyclic amines) is 1. The van der Waals surface area contributed by atoms with Crippen LogP contribution < -0.4 is 10.6 Å². The molecule has 6 nitrogen and oxygen atoms in total. The van der Waals surface area contributed by atoms with Gasteiger partial charge >= 0.3 is 0 Å². The summed E-state index contributed by atoms with van der Waals surface area (Å²) in [6.45, 7) is 8.82. The van der Waals surface area contributed by atoms with E-state index in [2.05, 4.69) is 22.5 Å². The van der Waals surface area contributed by atoms with Crippen LogP contribution >= 0.6 is 0 Å². The van der Waals surface area contributed by atoms with Gasteiger partial charge in [-0.1, -0.05) is 6.42 Å². The Balaban J connectivity index is 1.68. The van der Waals surface area contributed by atoms with Crippen molar-refractivity contribution >= 4 is 5.96 Å². The van der Waals surface area contributed by atoms with Gasteiger partial charge in [-0.15, -0.1) is 0 Å². The third-order valence-electron chi connectivity index (χ3n) is 5.67. The Morgan fingerprint density at radius 2 is 2.04 bits per heavy atom. The first-order valence-corrected chi connectivity index (χ1v) is 10.1. The van der Waals surface area contributed by atoms with E-state index in [1.54, 1.807) is 7.11 Å². The second-order valence-corrected chi connectivity index (χ2v) is 7.64. The molecular weight excluding hydrogens is 316 g/mol. The standard InChI is InChI=1S/C19H38N4O2/c1-3-20-18(22-16-19(8-4-9-19)10-15-25-2)21-11-5-12-23-13-6-17(24)7-14-23/h17,24H,3-16H2,1-2H3,(H2,20,21,22). The predicted molar refractivity (Wildman–Crippen MR) is 103 cm³/mol. The fourth-order valence-electron chi connectivity index (χ4n) is 3.72. The smallest absolute Gasteiger partial charge is 0.191 e. The van der Waals surface area contributed by atoms with Gasteiger partial charge in [-0.2, -0.15) is 0 Å². The number of aliphatic hydroxyl groups excluding tert-OH is 1. The van der Waals surface area contributed by atoms with Gasteiger partial charge in [0.05, 0.1) is 6.10 Å². The molecule has 2 aliphatic rings. The average Bonchev–Trinajstić information content (AvgIpc) is 2.58. The lowest BCUT2D eigenvalue weighted by atomic mass is 9.67. The number of guanidine groups is 1. The molecular formula is C19H38N4O2. The topological polar surface area (TPSA) is 69.1 Å². The predicted octanol–water partition coefficient (Wildman–Crippen LogP) is 1.60. The van der Waals surface area contributed by atoms with E-state index in [0.29, 0.717) is 5.41 Å². The number of rotatable bonds is 10. The highest BCUT2D eigenvalue weighted by atomic mass is 16.5. The zero-order valence-corrected chi connectivity index (χ0v) is 16.2. The molecule has 0 bridgehead atoms. The van der Waals surface area contributed by atoms with Gasteiger partial charge in [-0.25, -0.2) is 0 Å². The molecule has 1 saturated heterocycles. The van der Waals surface area contributed by atoms with E-state index in [1.807, 2.05) is 0 Å². The van der Waals surface area contributed by atoms with Crippen LogP contribution in [0, 0.1) is 5.41 Å². The maximum absolute atomic E-state index is 9.56. The highest BCUT2D eigenvalue weighted by Crippen LogP contribution is 2.44. The van der Waals surface area contributed by atoms with Crippen molar-refractivity contribution in [1.82, 2.24) is 15.5 Å². The zero-order chi connectivity index (χ0) is 18.0. The molecule has 1 aliphatic heterocycles. The van der Waals surface area contributed by atoms with Crippen LogP contribution in [0.5, 0.6) is 0 Å². The van der Waals surface area contributed by atoms with Crippen LogP contribution in [0.25, 0.3) is 0 Å². The van der Waals surface area contributed by atoms with E-state index in [9.17, 15) is 5.11 Å². The number of ether oxygens (including phenoxy) is 1. The molecule has 1 saturated carbocycles. The summed E-state index contributed by atoms with van der Waals surface area (Å²) in [6.07, 6.45) is 7.86. The van der Waals surface area contributed by atoms with Crippen molar-refractivity contribution in [3.63, 3.8) is 0 Å². The van der Waals surface area contributed by atoms with Crippen LogP contribution in [0.15, 0.2) is 4.99 Å². The lowest BCUT2D eigenvalue weighted by molar-refractivity contribution is 0.0778. The fraction of sp³-hybridized carbons (Fsp3) is 0.947. The Bertz CT molecular complexity index is 391. The summed E-state index contributed by atoms with van der Waals surface area (Å²) in [5.74, 6) is 0.945. The lowest BCUT2D eigenvalue weighted by Crippen LogP contribution is -2.42. The Morgan fingerprint density at radius 1 is 1.28 bits per heavy atom. The summed E-state index contributed by atoms with van der Waals surface area (Å²) in [4.78, 5) is 7.30. The van der Waals surface area contributed by atoms with E-state index < -0.39 is 0 Å². The van der Waals surface area contributed by atoms with Crippen molar-refractivity contribution in [2.24, 2.45) is 10.4 Å². The average molecular weight is 355 g/mol. The third-order valence-corrected chi connectivity index (χ3v) is 5.67. The van der Waals surface area contributed by atoms with Crippen LogP contribution in [-0.2, 0) is 4.74 Å². The second kappa shape index (κ2) is 11.0. The normalized spacial score (nSPS) is 21.8. The molecule has 2 rings (SSSR count). The first-order chi connectivity index (χ1) is 12.2. The SMILES string of the molecule is CCNC(=NCC1(CCOC)CCC1)NCCCN1CCC(O)CC1. The number of hydrogen-bond acceptors (Lipinski definition) is 4. The van der Waals surface area contributed by atoms with E-state index in [-0.39, 0.29) is 6.10 Å². The van der Waals surface area contributed by atoms with Crippen molar-refractivity contribution in [2.45, 2.75) is 58.0 Å². The van der Waals surface area contributed by atoms with Crippen molar-refractivity contribution in [1.29, 1.82) is 0 Å². The van der Waals surface area contributed by atoms with E-state index in [0.717, 1.165) is 77.5 Å². The molecule has 25 heavy (non-hydrogen) atoms. The number of nitrogens with zero attached hydrogens (tertiary/aromatic N) is 2. The summed E-state index contributed by atoms with van der Waals surface area (Å²) in [6, 6.07) is 0. The minimum absolute atomic E-state index is 0.0844. The van der Waals surface area contributed by atoms with E-state index in [1.165, 1.54) is 19.3 Å². The van der Waals surface area contributed by atoms with Gasteiger partial charge in [0.1, 0.15) is 0 Å². The molecule has 0 spiro atoms. The van der Waals surface area contributed by atoms with E-state index in [4.69, 9.17) is 9.73 Å². The fourth-order valence-corrected chi connectivity index (χ4v) is 3.72. The largest absolute Gasteiger partial charge is 0.393 e. The minimum Gasteiger partial charge on any atom is -0.393 e. The van der Waals surface area contributed by atoms with Crippen LogP contribution in [-0.4, -0.2) is 75.1 Å². The summed E-state index contributed by atoms with van der Waals surface area (Å²) < 4.78 is 5.27. The molecule has 0 amide bonds. The van der Waals surface area contributed by atoms with Gasteiger partial charge in [0, 0.05) is 46.4 Å². The van der Waals surface area contributed by atoms with Crippen molar-refractivity contribution in [2.75, 3.05) is 53.0 Å². The molecule has 0 atom stereocenters. The summed E-state index contributed by atoms with van der Waals surface area (Å²) >= 11 is 0. The molecule has 1 aliphatic carbocycles. The summed E-state index contributed by atoms with van der Waals surface area (Å²) in [5.41, 5.74) is 0.368. The Morgan fingerprint density at radius 3 is 2.64 bits per heavy atom. The lowest BCUT2D eigenvalue weighted by Gasteiger charge is -2.40. The van der Waals surface area contributed by atoms with Gasteiger partial charge in [0.15, 0.2) is 5.96 Å². The third kappa shape index (κ3) is 7.12. The second-order valence-electron chi connectivity index (χ2n) is 7.64. The highest BCUT2D eigenvalue weighted by molar-refractivity contribution is 5.79. The number of methoxy groups -OCH3 is 1. The molecule has 0 aromatic carbocycles. The monoisotopic (exact) mass is 354 g/mol. The highest BCUT2D eigenvalue weighted by Gasteiger charge is 2.36. The number of hydrogen-bond donors (Lipinski definition) is 3. The Hall–Kier alpha value is -0.850. The maximum Gasteiger partial charge on any atom is 0.191 e. The first-order valence-electron chi connectivity index (χ1n) is 10.1. The van der Waals surface area contributed by atoms with Crippen LogP contribution in [0.1, 0.15) is 51.9 Å². The Labute approximate surface area is 153 Å². The molecule has 0 radical (unpaired) electrons. The van der Waals surface area contributed by atoms with E-state index >= 15 is 0 Å². The number of aliphatic imine (C=N–C) groups is 1. The van der Waals surface area contributed by atoms with Gasteiger partial charge < -0.3 is 25.4 Å². The Kier molecular flexibility index (Phi) is 8.99. The van der Waals surface area contributed by atoms with Crippen molar-refractivity contribution in [3.8, 4) is 0 Å². The molecule has 3 N–H and O–H groups in total. The van der Waals surface area contributed by atoms with Gasteiger partial charge in [-0.3, -0.25) is 4.99 Å². The van der Waals surface area contributed by atoms with Crippen molar-refractivity contribution < 1.29 is 9.84 Å². The van der Waals surface area contributed by atoms with Crippen LogP contribution in [0.2, 0.25) is 0 Å². The molecule has 146 valence electrons. The van der Waals surface area contributed by atoms with Crippen LogP contribution in [0.3, 0.4) is 0 Å². The summed E-state index contributed by atoms with van der Waals surface area (Å²) in [5, 5.41) is 16.4. The minimum atomic E-state index is -0.0844. The molecule has 2 fully saturated rings. The number of nitrogens with one attached hydrogen (secondary N) is 2. The van der Waals surface area contributed by atoms with Gasteiger partial charge in [0.2, 0.25) is 0 Å². The molecule has 0 aromatic heterocycles. The molecule has 0 aromatic rings. The summed E-state index contributed by atoms with van der Waals surface area (Å²) in [7, 11) is 1.78. The molecule has 1 heterocycles. The van der Waals surface area contributed by atoms with Gasteiger partial charge in [-0.05, 0) is 57.4 Å². The molecule has 0 unspecified atom stereocenters. The first kappa shape index (κ1) is 20.5. The van der Waals surface area contributed by atoms with Crippen LogP contribution in [0.4, 0.5) is 0 Å². The number of aliphatic hydroxyl groups is 1. The number of piperidine rings is 1.